The molecule has 0 aliphatic carbocycles. The third kappa shape index (κ3) is 5.36. The summed E-state index contributed by atoms with van der Waals surface area (Å²) < 4.78 is 65.4. The van der Waals surface area contributed by atoms with Crippen LogP contribution in [0.4, 0.5) is 22.0 Å². The standard InChI is InChI=1S/C23H20F5N5O/c24-16-2-3-18(25)15(7-16)8-17(29)9-21(34)33-6-5-13-10-31-22(32-19(13)12-33)14-1-4-20(30-11-14)23(26,27)28/h1-4,7,10-11,17H,5-6,8-9,12,29H2/t17-/m1/s1. The first-order chi connectivity index (χ1) is 16.1. The van der Waals surface area contributed by atoms with Crippen molar-refractivity contribution in [2.75, 3.05) is 6.54 Å². The molecule has 1 atom stereocenters. The minimum absolute atomic E-state index is 0.00694. The van der Waals surface area contributed by atoms with Crippen molar-refractivity contribution >= 4 is 5.91 Å². The summed E-state index contributed by atoms with van der Waals surface area (Å²) in [6, 6.07) is 4.49. The Kier molecular flexibility index (Phi) is 6.56. The number of hydrogen-bond donors (Lipinski definition) is 1. The van der Waals surface area contributed by atoms with Gasteiger partial charge >= 0.3 is 6.18 Å². The summed E-state index contributed by atoms with van der Waals surface area (Å²) in [6.45, 7) is 0.593. The average molecular weight is 477 g/mol. The van der Waals surface area contributed by atoms with E-state index < -0.39 is 29.5 Å². The zero-order valence-corrected chi connectivity index (χ0v) is 17.8. The third-order valence-electron chi connectivity index (χ3n) is 5.54. The first kappa shape index (κ1) is 23.7. The Morgan fingerprint density at radius 1 is 1.12 bits per heavy atom. The van der Waals surface area contributed by atoms with Crippen LogP contribution in [0.5, 0.6) is 0 Å². The molecule has 1 aliphatic rings. The van der Waals surface area contributed by atoms with E-state index in [9.17, 15) is 26.7 Å². The third-order valence-corrected chi connectivity index (χ3v) is 5.54. The van der Waals surface area contributed by atoms with Crippen molar-refractivity contribution in [1.82, 2.24) is 19.9 Å². The van der Waals surface area contributed by atoms with Gasteiger partial charge in [-0.2, -0.15) is 13.2 Å². The summed E-state index contributed by atoms with van der Waals surface area (Å²) in [7, 11) is 0. The van der Waals surface area contributed by atoms with Crippen LogP contribution in [0.3, 0.4) is 0 Å². The highest BCUT2D eigenvalue weighted by atomic mass is 19.4. The zero-order chi connectivity index (χ0) is 24.5. The van der Waals surface area contributed by atoms with Gasteiger partial charge < -0.3 is 10.6 Å². The quantitative estimate of drug-likeness (QED) is 0.567. The van der Waals surface area contributed by atoms with Crippen molar-refractivity contribution in [3.63, 3.8) is 0 Å². The minimum Gasteiger partial charge on any atom is -0.336 e. The van der Waals surface area contributed by atoms with Crippen LogP contribution >= 0.6 is 0 Å². The lowest BCUT2D eigenvalue weighted by molar-refractivity contribution is -0.141. The van der Waals surface area contributed by atoms with Crippen molar-refractivity contribution in [3.05, 3.63) is 76.9 Å². The number of rotatable bonds is 5. The van der Waals surface area contributed by atoms with Crippen molar-refractivity contribution < 1.29 is 26.7 Å². The zero-order valence-electron chi connectivity index (χ0n) is 17.8. The van der Waals surface area contributed by atoms with Gasteiger partial charge in [0.1, 0.15) is 17.3 Å². The van der Waals surface area contributed by atoms with Gasteiger partial charge in [-0.3, -0.25) is 9.78 Å². The largest absolute Gasteiger partial charge is 0.433 e. The van der Waals surface area contributed by atoms with Gasteiger partial charge in [0.05, 0.1) is 12.2 Å². The first-order valence-electron chi connectivity index (χ1n) is 10.5. The summed E-state index contributed by atoms with van der Waals surface area (Å²) in [6.07, 6.45) is -1.45. The fraction of sp³-hybridized carbons (Fsp3) is 0.304. The number of amides is 1. The normalized spacial score (nSPS) is 14.6. The van der Waals surface area contributed by atoms with E-state index in [1.807, 2.05) is 0 Å². The number of carbonyl (C=O) groups is 1. The van der Waals surface area contributed by atoms with E-state index in [-0.39, 0.29) is 36.7 Å². The molecule has 34 heavy (non-hydrogen) atoms. The highest BCUT2D eigenvalue weighted by Crippen LogP contribution is 2.29. The van der Waals surface area contributed by atoms with Gasteiger partial charge in [-0.15, -0.1) is 0 Å². The second kappa shape index (κ2) is 9.41. The Hall–Kier alpha value is -3.47. The van der Waals surface area contributed by atoms with Crippen molar-refractivity contribution in [2.45, 2.75) is 38.0 Å². The van der Waals surface area contributed by atoms with Crippen molar-refractivity contribution in [3.8, 4) is 11.4 Å². The Balaban J connectivity index is 1.43. The molecule has 3 heterocycles. The smallest absolute Gasteiger partial charge is 0.336 e. The van der Waals surface area contributed by atoms with Crippen LogP contribution in [0.15, 0.2) is 42.7 Å². The molecule has 0 spiro atoms. The van der Waals surface area contributed by atoms with E-state index in [1.165, 1.54) is 6.07 Å². The van der Waals surface area contributed by atoms with Crippen molar-refractivity contribution in [2.24, 2.45) is 5.73 Å². The number of aromatic nitrogens is 3. The van der Waals surface area contributed by atoms with Gasteiger partial charge in [0.2, 0.25) is 5.91 Å². The maximum Gasteiger partial charge on any atom is 0.433 e. The molecule has 11 heteroatoms. The lowest BCUT2D eigenvalue weighted by Gasteiger charge is -2.29. The first-order valence-corrected chi connectivity index (χ1v) is 10.5. The predicted molar refractivity (Wildman–Crippen MR) is 112 cm³/mol. The summed E-state index contributed by atoms with van der Waals surface area (Å²) in [5.74, 6) is -1.22. The van der Waals surface area contributed by atoms with Crippen LogP contribution in [0.25, 0.3) is 11.4 Å². The topological polar surface area (TPSA) is 85.0 Å². The maximum absolute atomic E-state index is 13.9. The van der Waals surface area contributed by atoms with E-state index >= 15 is 0 Å². The molecule has 6 nitrogen and oxygen atoms in total. The molecule has 0 saturated carbocycles. The molecular formula is C23H20F5N5O. The van der Waals surface area contributed by atoms with Gasteiger partial charge in [0.25, 0.3) is 0 Å². The summed E-state index contributed by atoms with van der Waals surface area (Å²) >= 11 is 0. The lowest BCUT2D eigenvalue weighted by atomic mass is 10.0. The van der Waals surface area contributed by atoms with Gasteiger partial charge in [-0.1, -0.05) is 0 Å². The highest BCUT2D eigenvalue weighted by Gasteiger charge is 2.32. The van der Waals surface area contributed by atoms with Crippen LogP contribution in [0.1, 0.15) is 28.9 Å². The van der Waals surface area contributed by atoms with Crippen molar-refractivity contribution in [1.29, 1.82) is 0 Å². The van der Waals surface area contributed by atoms with Gasteiger partial charge in [-0.05, 0) is 54.3 Å². The molecule has 1 aromatic carbocycles. The maximum atomic E-state index is 13.9. The second-order valence-electron chi connectivity index (χ2n) is 8.06. The van der Waals surface area contributed by atoms with Gasteiger partial charge in [-0.25, -0.2) is 18.7 Å². The Morgan fingerprint density at radius 3 is 2.62 bits per heavy atom. The van der Waals surface area contributed by atoms with Crippen LogP contribution in [0, 0.1) is 11.6 Å². The molecule has 1 aliphatic heterocycles. The second-order valence-corrected chi connectivity index (χ2v) is 8.06. The number of benzene rings is 1. The van der Waals surface area contributed by atoms with Crippen LogP contribution in [-0.2, 0) is 30.4 Å². The van der Waals surface area contributed by atoms with Gasteiger partial charge in [0.15, 0.2) is 5.82 Å². The number of hydrogen-bond acceptors (Lipinski definition) is 5. The van der Waals surface area contributed by atoms with E-state index in [1.54, 1.807) is 11.1 Å². The Labute approximate surface area is 191 Å². The van der Waals surface area contributed by atoms with E-state index in [2.05, 4.69) is 15.0 Å². The summed E-state index contributed by atoms with van der Waals surface area (Å²) in [5.41, 5.74) is 6.84. The number of carbonyl (C=O) groups excluding carboxylic acids is 1. The van der Waals surface area contributed by atoms with Crippen LogP contribution < -0.4 is 5.73 Å². The molecule has 178 valence electrons. The number of nitrogens with zero attached hydrogens (tertiary/aromatic N) is 4. The average Bonchev–Trinajstić information content (AvgIpc) is 2.80. The monoisotopic (exact) mass is 477 g/mol. The molecule has 0 saturated heterocycles. The van der Waals surface area contributed by atoms with E-state index in [4.69, 9.17) is 5.73 Å². The lowest BCUT2D eigenvalue weighted by Crippen LogP contribution is -2.40. The fourth-order valence-corrected chi connectivity index (χ4v) is 3.76. The minimum atomic E-state index is -4.54. The molecule has 3 aromatic rings. The number of halogens is 5. The molecule has 0 fully saturated rings. The number of fused-ring (bicyclic) bond motifs is 1. The number of nitrogens with two attached hydrogens (primary N) is 1. The Bertz CT molecular complexity index is 1200. The van der Waals surface area contributed by atoms with Gasteiger partial charge in [0, 0.05) is 37.0 Å². The highest BCUT2D eigenvalue weighted by molar-refractivity contribution is 5.77. The summed E-state index contributed by atoms with van der Waals surface area (Å²) in [5, 5.41) is 0. The predicted octanol–water partition coefficient (Wildman–Crippen LogP) is 3.68. The fourth-order valence-electron chi connectivity index (χ4n) is 3.76. The SMILES string of the molecule is N[C@@H](CC(=O)N1CCc2cnc(-c3ccc(C(F)(F)F)nc3)nc2C1)Cc1cc(F)ccc1F. The molecule has 2 aromatic heterocycles. The molecule has 0 unspecified atom stereocenters. The van der Waals surface area contributed by atoms with E-state index in [0.29, 0.717) is 24.2 Å². The Morgan fingerprint density at radius 2 is 1.91 bits per heavy atom. The van der Waals surface area contributed by atoms with Crippen LogP contribution in [-0.4, -0.2) is 38.3 Å². The molecule has 4 rings (SSSR count). The summed E-state index contributed by atoms with van der Waals surface area (Å²) in [4.78, 5) is 26.4. The molecule has 0 radical (unpaired) electrons. The number of pyridine rings is 1. The molecular weight excluding hydrogens is 457 g/mol. The van der Waals surface area contributed by atoms with Crippen LogP contribution in [0.2, 0.25) is 0 Å². The van der Waals surface area contributed by atoms with E-state index in [0.717, 1.165) is 36.0 Å². The molecule has 2 N–H and O–H groups in total. The number of alkyl halides is 3. The molecule has 0 bridgehead atoms. The molecule has 1 amide bonds.